The average Bonchev–Trinajstić information content (AvgIpc) is 3.60. The highest BCUT2D eigenvalue weighted by atomic mass is 19.1. The third-order valence-corrected chi connectivity index (χ3v) is 11.1. The minimum absolute atomic E-state index is 0.100. The van der Waals surface area contributed by atoms with Gasteiger partial charge in [0.1, 0.15) is 11.9 Å². The summed E-state index contributed by atoms with van der Waals surface area (Å²) in [5.74, 6) is 1.42. The Kier molecular flexibility index (Phi) is 4.40. The smallest absolute Gasteiger partial charge is 0.165 e. The molecule has 2 spiro atoms. The summed E-state index contributed by atoms with van der Waals surface area (Å²) in [6.45, 7) is 2.55. The molecule has 0 radical (unpaired) electrons. The second-order valence-corrected chi connectivity index (χ2v) is 12.5. The standard InChI is InChI=1S/C30H35FN2O3/c31-21-4-2-1-3-20(21)16-32-23-9-10-28(23)11-12-30(35)24-15-19-7-8-22(34)26-25(19)29(30,27(28)36-26)13-14-33(24)17-18-5-6-18/h1-4,7-8,18,23-24,27,32,34-35H,5-6,9-17H2/t23-,24-,27+,28+,29+,30-/m1/s1. The molecule has 6 aliphatic rings. The molecule has 2 aromatic carbocycles. The maximum Gasteiger partial charge on any atom is 0.165 e. The highest BCUT2D eigenvalue weighted by molar-refractivity contribution is 5.63. The summed E-state index contributed by atoms with van der Waals surface area (Å²) in [6, 6.07) is 11.1. The van der Waals surface area contributed by atoms with Gasteiger partial charge in [-0.25, -0.2) is 4.39 Å². The van der Waals surface area contributed by atoms with Crippen LogP contribution in [0.25, 0.3) is 0 Å². The number of benzene rings is 2. The fraction of sp³-hybridized carbons (Fsp3) is 0.600. The lowest BCUT2D eigenvalue weighted by atomic mass is 9.40. The van der Waals surface area contributed by atoms with Gasteiger partial charge in [0, 0.05) is 41.7 Å². The first-order valence-electron chi connectivity index (χ1n) is 13.9. The van der Waals surface area contributed by atoms with E-state index in [1.54, 1.807) is 12.1 Å². The zero-order valence-electron chi connectivity index (χ0n) is 20.7. The van der Waals surface area contributed by atoms with Crippen LogP contribution in [0.15, 0.2) is 36.4 Å². The van der Waals surface area contributed by atoms with E-state index in [0.29, 0.717) is 17.9 Å². The normalized spacial score (nSPS) is 40.0. The van der Waals surface area contributed by atoms with Crippen molar-refractivity contribution in [2.75, 3.05) is 13.1 Å². The number of hydrogen-bond acceptors (Lipinski definition) is 5. The van der Waals surface area contributed by atoms with Gasteiger partial charge in [0.2, 0.25) is 0 Å². The molecular formula is C30H35FN2O3. The van der Waals surface area contributed by atoms with Crippen LogP contribution in [0, 0.1) is 17.2 Å². The molecule has 3 saturated carbocycles. The largest absolute Gasteiger partial charge is 0.504 e. The van der Waals surface area contributed by atoms with Gasteiger partial charge in [0.15, 0.2) is 11.5 Å². The number of rotatable bonds is 5. The maximum atomic E-state index is 14.4. The van der Waals surface area contributed by atoms with Crippen molar-refractivity contribution in [3.63, 3.8) is 0 Å². The number of ether oxygens (including phenoxy) is 1. The van der Waals surface area contributed by atoms with Crippen LogP contribution in [-0.4, -0.2) is 52.0 Å². The number of nitrogens with zero attached hydrogens (tertiary/aromatic N) is 1. The average molecular weight is 491 g/mol. The molecule has 2 aromatic rings. The second-order valence-electron chi connectivity index (χ2n) is 12.5. The number of halogens is 1. The quantitative estimate of drug-likeness (QED) is 0.591. The molecule has 0 amide bonds. The predicted octanol–water partition coefficient (Wildman–Crippen LogP) is 4.03. The molecule has 36 heavy (non-hydrogen) atoms. The van der Waals surface area contributed by atoms with E-state index in [-0.39, 0.29) is 35.2 Å². The van der Waals surface area contributed by atoms with Crippen LogP contribution in [-0.2, 0) is 18.4 Å². The lowest BCUT2D eigenvalue weighted by Crippen LogP contribution is -2.80. The molecule has 2 bridgehead atoms. The van der Waals surface area contributed by atoms with E-state index >= 15 is 0 Å². The first-order valence-corrected chi connectivity index (χ1v) is 13.9. The van der Waals surface area contributed by atoms with Crippen molar-refractivity contribution >= 4 is 0 Å². The molecule has 3 N–H and O–H groups in total. The molecular weight excluding hydrogens is 455 g/mol. The van der Waals surface area contributed by atoms with Crippen molar-refractivity contribution < 1.29 is 19.3 Å². The van der Waals surface area contributed by atoms with Crippen molar-refractivity contribution in [1.82, 2.24) is 10.2 Å². The molecule has 4 fully saturated rings. The summed E-state index contributed by atoms with van der Waals surface area (Å²) in [5.41, 5.74) is 1.56. The van der Waals surface area contributed by atoms with Crippen molar-refractivity contribution in [2.45, 2.75) is 87.1 Å². The Morgan fingerprint density at radius 3 is 2.69 bits per heavy atom. The van der Waals surface area contributed by atoms with Gasteiger partial charge >= 0.3 is 0 Å². The number of aliphatic hydroxyl groups is 1. The summed E-state index contributed by atoms with van der Waals surface area (Å²) in [4.78, 5) is 2.58. The third kappa shape index (κ3) is 2.61. The molecule has 6 atom stereocenters. The van der Waals surface area contributed by atoms with E-state index in [2.05, 4.69) is 16.3 Å². The van der Waals surface area contributed by atoms with Gasteiger partial charge in [-0.05, 0) is 81.5 Å². The van der Waals surface area contributed by atoms with E-state index in [9.17, 15) is 14.6 Å². The summed E-state index contributed by atoms with van der Waals surface area (Å²) < 4.78 is 21.2. The van der Waals surface area contributed by atoms with E-state index in [0.717, 1.165) is 63.1 Å². The van der Waals surface area contributed by atoms with Gasteiger partial charge < -0.3 is 20.3 Å². The Bertz CT molecular complexity index is 1250. The van der Waals surface area contributed by atoms with Crippen molar-refractivity contribution in [3.05, 3.63) is 58.9 Å². The topological polar surface area (TPSA) is 65.0 Å². The molecule has 5 nitrogen and oxygen atoms in total. The Hall–Kier alpha value is -2.15. The van der Waals surface area contributed by atoms with E-state index < -0.39 is 11.0 Å². The summed E-state index contributed by atoms with van der Waals surface area (Å²) in [6.07, 6.45) is 7.84. The summed E-state index contributed by atoms with van der Waals surface area (Å²) in [7, 11) is 0. The first-order chi connectivity index (χ1) is 17.5. The van der Waals surface area contributed by atoms with Crippen LogP contribution < -0.4 is 10.1 Å². The summed E-state index contributed by atoms with van der Waals surface area (Å²) in [5, 5.41) is 27.3. The van der Waals surface area contributed by atoms with Gasteiger partial charge in [0.05, 0.1) is 11.0 Å². The van der Waals surface area contributed by atoms with Crippen LogP contribution in [0.3, 0.4) is 0 Å². The molecule has 1 saturated heterocycles. The molecule has 2 heterocycles. The number of phenols is 1. The van der Waals surface area contributed by atoms with Gasteiger partial charge in [-0.1, -0.05) is 24.3 Å². The Labute approximate surface area is 211 Å². The van der Waals surface area contributed by atoms with E-state index in [1.165, 1.54) is 24.5 Å². The number of phenolic OH excluding ortho intramolecular Hbond substituents is 1. The van der Waals surface area contributed by atoms with Crippen LogP contribution in [0.4, 0.5) is 4.39 Å². The van der Waals surface area contributed by atoms with Gasteiger partial charge in [-0.2, -0.15) is 0 Å². The minimum Gasteiger partial charge on any atom is -0.504 e. The summed E-state index contributed by atoms with van der Waals surface area (Å²) >= 11 is 0. The Morgan fingerprint density at radius 1 is 1.06 bits per heavy atom. The van der Waals surface area contributed by atoms with E-state index in [4.69, 9.17) is 4.74 Å². The van der Waals surface area contributed by atoms with Crippen LogP contribution in [0.5, 0.6) is 11.5 Å². The highest BCUT2D eigenvalue weighted by Crippen LogP contribution is 2.71. The molecule has 0 aromatic heterocycles. The minimum atomic E-state index is -0.853. The third-order valence-electron chi connectivity index (χ3n) is 11.1. The number of likely N-dealkylation sites (tertiary alicyclic amines) is 1. The first kappa shape index (κ1) is 21.9. The molecule has 2 aliphatic heterocycles. The van der Waals surface area contributed by atoms with Gasteiger partial charge in [-0.15, -0.1) is 0 Å². The fourth-order valence-corrected chi connectivity index (χ4v) is 9.09. The fourth-order valence-electron chi connectivity index (χ4n) is 9.09. The Balaban J connectivity index is 1.19. The number of piperidine rings is 1. The van der Waals surface area contributed by atoms with Crippen LogP contribution in [0.2, 0.25) is 0 Å². The number of nitrogens with one attached hydrogen (secondary N) is 1. The number of fused-ring (bicyclic) bond motifs is 1. The molecule has 8 rings (SSSR count). The monoisotopic (exact) mass is 490 g/mol. The number of hydrogen-bond donors (Lipinski definition) is 3. The van der Waals surface area contributed by atoms with Gasteiger partial charge in [0.25, 0.3) is 0 Å². The molecule has 0 unspecified atom stereocenters. The zero-order valence-corrected chi connectivity index (χ0v) is 20.7. The SMILES string of the molecule is Oc1ccc2c3c1O[C@H]1[C@@]4(CC[C@H]4NCc4ccccc4F)CC[C@@]4(O)[C@@H](C2)N(CC2CC2)CC[C@]314. The van der Waals surface area contributed by atoms with Crippen LogP contribution >= 0.6 is 0 Å². The maximum absolute atomic E-state index is 14.4. The van der Waals surface area contributed by atoms with Crippen LogP contribution in [0.1, 0.15) is 61.6 Å². The number of aromatic hydroxyl groups is 1. The lowest BCUT2D eigenvalue weighted by molar-refractivity contribution is -0.236. The molecule has 190 valence electrons. The zero-order chi connectivity index (χ0) is 24.3. The predicted molar refractivity (Wildman–Crippen MR) is 133 cm³/mol. The van der Waals surface area contributed by atoms with Crippen molar-refractivity contribution in [1.29, 1.82) is 0 Å². The van der Waals surface area contributed by atoms with Gasteiger partial charge in [-0.3, -0.25) is 4.90 Å². The Morgan fingerprint density at radius 2 is 1.92 bits per heavy atom. The lowest BCUT2D eigenvalue weighted by Gasteiger charge is -2.69. The molecule has 6 heteroatoms. The molecule has 4 aliphatic carbocycles. The van der Waals surface area contributed by atoms with Crippen molar-refractivity contribution in [2.24, 2.45) is 11.3 Å². The highest BCUT2D eigenvalue weighted by Gasteiger charge is 2.77. The van der Waals surface area contributed by atoms with Crippen molar-refractivity contribution in [3.8, 4) is 11.5 Å². The second kappa shape index (κ2) is 7.24. The van der Waals surface area contributed by atoms with E-state index in [1.807, 2.05) is 12.1 Å².